The Morgan fingerprint density at radius 3 is 2.41 bits per heavy atom. The molecule has 4 rings (SSSR count). The number of carbonyl (C=O) groups is 2. The van der Waals surface area contributed by atoms with Crippen LogP contribution >= 0.6 is 0 Å². The number of hydrogen-bond acceptors (Lipinski definition) is 5. The highest BCUT2D eigenvalue weighted by molar-refractivity contribution is 6.23. The second-order valence-corrected chi connectivity index (χ2v) is 6.31. The van der Waals surface area contributed by atoms with Crippen molar-refractivity contribution in [1.29, 1.82) is 0 Å². The summed E-state index contributed by atoms with van der Waals surface area (Å²) < 4.78 is 46.0. The van der Waals surface area contributed by atoms with Crippen molar-refractivity contribution in [3.05, 3.63) is 51.3 Å². The van der Waals surface area contributed by atoms with Gasteiger partial charge in [-0.2, -0.15) is 13.2 Å². The number of carbonyl (C=O) groups excluding carboxylic acids is 2. The molecule has 2 heterocycles. The van der Waals surface area contributed by atoms with Crippen LogP contribution < -0.4 is 21.3 Å². The average Bonchev–Trinajstić information content (AvgIpc) is 3.31. The first-order valence-corrected chi connectivity index (χ1v) is 7.95. The first-order chi connectivity index (χ1) is 12.6. The second kappa shape index (κ2) is 5.60. The molecule has 2 aromatic rings. The number of anilines is 1. The first-order valence-electron chi connectivity index (χ1n) is 7.95. The number of aromatic nitrogens is 1. The van der Waals surface area contributed by atoms with E-state index < -0.39 is 34.9 Å². The molecule has 2 aliphatic rings. The van der Waals surface area contributed by atoms with Gasteiger partial charge in [0.15, 0.2) is 0 Å². The van der Waals surface area contributed by atoms with Crippen LogP contribution in [0.1, 0.15) is 39.1 Å². The van der Waals surface area contributed by atoms with Crippen molar-refractivity contribution in [2.45, 2.75) is 25.1 Å². The summed E-state index contributed by atoms with van der Waals surface area (Å²) in [5.74, 6) is -2.08. The maximum atomic E-state index is 13.3. The molecule has 1 fully saturated rings. The number of benzene rings is 1. The average molecular weight is 379 g/mol. The predicted octanol–water partition coefficient (Wildman–Crippen LogP) is 1.86. The number of hydrogen-bond donors (Lipinski definition) is 2. The number of fused-ring (bicyclic) bond motifs is 1. The minimum absolute atomic E-state index is 0.0605. The van der Waals surface area contributed by atoms with Crippen molar-refractivity contribution in [3.8, 4) is 11.4 Å². The number of amides is 2. The molecule has 1 aliphatic carbocycles. The highest BCUT2D eigenvalue weighted by Crippen LogP contribution is 2.36. The molecule has 1 aromatic carbocycles. The molecular formula is C17H12F3N3O4. The number of nitrogens with zero attached hydrogens (tertiary/aromatic N) is 1. The lowest BCUT2D eigenvalue weighted by Gasteiger charge is -2.16. The molecule has 0 spiro atoms. The van der Waals surface area contributed by atoms with Gasteiger partial charge < -0.3 is 10.5 Å². The molecule has 0 unspecified atom stereocenters. The quantitative estimate of drug-likeness (QED) is 0.793. The van der Waals surface area contributed by atoms with Crippen LogP contribution in [0, 0.1) is 0 Å². The Hall–Kier alpha value is -3.30. The zero-order valence-electron chi connectivity index (χ0n) is 13.6. The number of pyridine rings is 1. The van der Waals surface area contributed by atoms with Crippen LogP contribution in [-0.4, -0.2) is 22.5 Å². The maximum absolute atomic E-state index is 13.3. The van der Waals surface area contributed by atoms with E-state index in [4.69, 9.17) is 10.5 Å². The van der Waals surface area contributed by atoms with E-state index in [0.29, 0.717) is 0 Å². The first kappa shape index (κ1) is 17.1. The van der Waals surface area contributed by atoms with Gasteiger partial charge in [0.25, 0.3) is 17.4 Å². The molecule has 1 saturated carbocycles. The fraction of sp³-hybridized carbons (Fsp3) is 0.235. The lowest BCUT2D eigenvalue weighted by atomic mass is 10.1. The minimum Gasteiger partial charge on any atom is -0.490 e. The fourth-order valence-electron chi connectivity index (χ4n) is 2.87. The Balaban J connectivity index is 1.93. The van der Waals surface area contributed by atoms with Crippen LogP contribution in [0.3, 0.4) is 0 Å². The van der Waals surface area contributed by atoms with Gasteiger partial charge in [0.1, 0.15) is 11.6 Å². The Bertz CT molecular complexity index is 1050. The summed E-state index contributed by atoms with van der Waals surface area (Å²) in [6.45, 7) is 0. The number of alkyl halides is 3. The van der Waals surface area contributed by atoms with Gasteiger partial charge >= 0.3 is 6.18 Å². The minimum atomic E-state index is -4.68. The molecule has 1 aliphatic heterocycles. The third-order valence-electron chi connectivity index (χ3n) is 4.26. The Kier molecular flexibility index (Phi) is 3.55. The van der Waals surface area contributed by atoms with E-state index in [1.165, 1.54) is 6.07 Å². The topological polar surface area (TPSA) is 103 Å². The summed E-state index contributed by atoms with van der Waals surface area (Å²) in [5, 5.41) is 2.00. The van der Waals surface area contributed by atoms with Crippen LogP contribution in [0.4, 0.5) is 19.0 Å². The number of ether oxygens (including phenoxy) is 1. The van der Waals surface area contributed by atoms with E-state index in [9.17, 15) is 27.6 Å². The van der Waals surface area contributed by atoms with Crippen molar-refractivity contribution in [1.82, 2.24) is 9.88 Å². The second-order valence-electron chi connectivity index (χ2n) is 6.31. The summed E-state index contributed by atoms with van der Waals surface area (Å²) in [6.07, 6.45) is -3.39. The fourth-order valence-corrected chi connectivity index (χ4v) is 2.87. The van der Waals surface area contributed by atoms with E-state index >= 15 is 0 Å². The molecule has 7 nitrogen and oxygen atoms in total. The number of nitrogens with two attached hydrogens (primary N) is 1. The third kappa shape index (κ3) is 2.92. The number of nitrogen functional groups attached to an aromatic ring is 1. The summed E-state index contributed by atoms with van der Waals surface area (Å²) >= 11 is 0. The molecular weight excluding hydrogens is 367 g/mol. The molecule has 140 valence electrons. The summed E-state index contributed by atoms with van der Waals surface area (Å²) in [6, 6.07) is 3.69. The highest BCUT2D eigenvalue weighted by atomic mass is 19.4. The van der Waals surface area contributed by atoms with Crippen molar-refractivity contribution in [2.24, 2.45) is 0 Å². The monoisotopic (exact) mass is 379 g/mol. The smallest absolute Gasteiger partial charge is 0.416 e. The van der Waals surface area contributed by atoms with Gasteiger partial charge in [-0.25, -0.2) is 0 Å². The predicted molar refractivity (Wildman–Crippen MR) is 86.9 cm³/mol. The van der Waals surface area contributed by atoms with Gasteiger partial charge in [0.2, 0.25) is 0 Å². The van der Waals surface area contributed by atoms with Gasteiger partial charge in [0.05, 0.1) is 28.5 Å². The zero-order chi connectivity index (χ0) is 19.5. The summed E-state index contributed by atoms with van der Waals surface area (Å²) in [4.78, 5) is 36.0. The van der Waals surface area contributed by atoms with Crippen molar-refractivity contribution < 1.29 is 27.5 Å². The molecule has 0 saturated heterocycles. The molecule has 27 heavy (non-hydrogen) atoms. The molecule has 1 aromatic heterocycles. The number of rotatable bonds is 3. The van der Waals surface area contributed by atoms with Crippen molar-refractivity contribution in [2.75, 3.05) is 5.73 Å². The standard InChI is InChI=1S/C17H12F3N3O4/c18-17(19,20)7-3-8(5-10(4-7)27-9-1-2-9)23-12(24)6-11-13(14(23)21)16(26)22-15(11)25/h3-6,9H,1-2,21H2,(H,22,25,26). The van der Waals surface area contributed by atoms with E-state index in [2.05, 4.69) is 0 Å². The van der Waals surface area contributed by atoms with Crippen molar-refractivity contribution >= 4 is 17.6 Å². The van der Waals surface area contributed by atoms with Gasteiger partial charge in [-0.3, -0.25) is 24.3 Å². The van der Waals surface area contributed by atoms with E-state index in [0.717, 1.165) is 35.6 Å². The van der Waals surface area contributed by atoms with E-state index in [1.807, 2.05) is 5.32 Å². The molecule has 10 heteroatoms. The highest BCUT2D eigenvalue weighted by Gasteiger charge is 2.35. The van der Waals surface area contributed by atoms with Crippen molar-refractivity contribution in [3.63, 3.8) is 0 Å². The van der Waals surface area contributed by atoms with Gasteiger partial charge in [-0.1, -0.05) is 0 Å². The van der Waals surface area contributed by atoms with Gasteiger partial charge in [-0.15, -0.1) is 0 Å². The zero-order valence-corrected chi connectivity index (χ0v) is 13.6. The lowest BCUT2D eigenvalue weighted by molar-refractivity contribution is -0.137. The summed E-state index contributed by atoms with van der Waals surface area (Å²) in [5.41, 5.74) is 3.34. The maximum Gasteiger partial charge on any atom is 0.416 e. The number of nitrogens with one attached hydrogen (secondary N) is 1. The van der Waals surface area contributed by atoms with Gasteiger partial charge in [-0.05, 0) is 25.0 Å². The van der Waals surface area contributed by atoms with Crippen LogP contribution in [0.2, 0.25) is 0 Å². The molecule has 0 bridgehead atoms. The van der Waals surface area contributed by atoms with Crippen LogP contribution in [-0.2, 0) is 6.18 Å². The summed E-state index contributed by atoms with van der Waals surface area (Å²) in [7, 11) is 0. The Morgan fingerprint density at radius 1 is 1.07 bits per heavy atom. The third-order valence-corrected chi connectivity index (χ3v) is 4.26. The molecule has 3 N–H and O–H groups in total. The van der Waals surface area contributed by atoms with Crippen LogP contribution in [0.25, 0.3) is 5.69 Å². The molecule has 0 atom stereocenters. The van der Waals surface area contributed by atoms with Crippen LogP contribution in [0.5, 0.6) is 5.75 Å². The normalized spacial score (nSPS) is 16.3. The molecule has 0 radical (unpaired) electrons. The Labute approximate surface area is 149 Å². The molecule has 2 amide bonds. The van der Waals surface area contributed by atoms with E-state index in [1.54, 1.807) is 0 Å². The number of halogens is 3. The Morgan fingerprint density at radius 2 is 1.78 bits per heavy atom. The van der Waals surface area contributed by atoms with Gasteiger partial charge in [0, 0.05) is 12.1 Å². The lowest BCUT2D eigenvalue weighted by Crippen LogP contribution is -2.24. The largest absolute Gasteiger partial charge is 0.490 e. The SMILES string of the molecule is Nc1c2c(cc(=O)n1-c1cc(OC3CC3)cc(C(F)(F)F)c1)C(=O)NC2=O. The van der Waals surface area contributed by atoms with Crippen LogP contribution in [0.15, 0.2) is 29.1 Å². The number of imide groups is 1. The van der Waals surface area contributed by atoms with E-state index in [-0.39, 0.29) is 28.7 Å².